The number of carbonyl (C=O) groups excluding carboxylic acids is 1. The molecule has 0 fully saturated rings. The van der Waals surface area contributed by atoms with Crippen LogP contribution in [0.5, 0.6) is 0 Å². The summed E-state index contributed by atoms with van der Waals surface area (Å²) in [6, 6.07) is 20.2. The Kier molecular flexibility index (Phi) is 3.85. The van der Waals surface area contributed by atoms with Crippen LogP contribution in [0, 0.1) is 6.92 Å². The lowest BCUT2D eigenvalue weighted by Crippen LogP contribution is -2.31. The second kappa shape index (κ2) is 6.02. The number of benzene rings is 2. The van der Waals surface area contributed by atoms with Gasteiger partial charge in [-0.25, -0.2) is 4.68 Å². The normalized spacial score (nSPS) is 20.0. The Bertz CT molecular complexity index is 887. The van der Waals surface area contributed by atoms with Crippen LogP contribution >= 0.6 is 15.9 Å². The molecule has 3 aromatic rings. The molecule has 24 heavy (non-hydrogen) atoms. The van der Waals surface area contributed by atoms with Crippen molar-refractivity contribution >= 4 is 21.7 Å². The highest BCUT2D eigenvalue weighted by Gasteiger charge is 2.38. The van der Waals surface area contributed by atoms with Crippen LogP contribution in [0.3, 0.4) is 0 Å². The summed E-state index contributed by atoms with van der Waals surface area (Å²) in [5.74, 6) is 0.245. The molecule has 0 aliphatic heterocycles. The first-order chi connectivity index (χ1) is 11.7. The summed E-state index contributed by atoms with van der Waals surface area (Å²) in [5.41, 5.74) is 4.75. The van der Waals surface area contributed by atoms with Gasteiger partial charge >= 0.3 is 0 Å². The minimum absolute atomic E-state index is 0.116. The highest BCUT2D eigenvalue weighted by molar-refractivity contribution is 9.10. The van der Waals surface area contributed by atoms with Crippen molar-refractivity contribution < 1.29 is 4.79 Å². The predicted molar refractivity (Wildman–Crippen MR) is 98.2 cm³/mol. The largest absolute Gasteiger partial charge is 0.293 e. The number of alkyl halides is 1. The summed E-state index contributed by atoms with van der Waals surface area (Å²) in [5, 5.41) is 4.65. The van der Waals surface area contributed by atoms with Crippen LogP contribution in [0.2, 0.25) is 0 Å². The van der Waals surface area contributed by atoms with E-state index < -0.39 is 0 Å². The third-order valence-electron chi connectivity index (χ3n) is 4.65. The molecular weight excluding hydrogens is 364 g/mol. The van der Waals surface area contributed by atoms with Crippen molar-refractivity contribution in [2.75, 3.05) is 0 Å². The van der Waals surface area contributed by atoms with Crippen LogP contribution in [-0.2, 0) is 6.42 Å². The van der Waals surface area contributed by atoms with Gasteiger partial charge in [0.15, 0.2) is 5.78 Å². The number of rotatable bonds is 2. The second-order valence-corrected chi connectivity index (χ2v) is 7.13. The zero-order chi connectivity index (χ0) is 16.7. The molecule has 0 spiro atoms. The van der Waals surface area contributed by atoms with E-state index in [1.807, 2.05) is 60.1 Å². The van der Waals surface area contributed by atoms with Crippen molar-refractivity contribution in [3.63, 3.8) is 0 Å². The lowest BCUT2D eigenvalue weighted by Gasteiger charge is -2.27. The smallest absolute Gasteiger partial charge is 0.180 e. The summed E-state index contributed by atoms with van der Waals surface area (Å²) in [4.78, 5) is 12.8. The standard InChI is InChI=1S/C20H17BrN2O/c1-13-18-17(23(22-13)15-10-6-3-7-11-15)12-16(19(21)20(18)24)14-8-4-2-5-9-14/h2-11,16,19H,12H2,1H3/t16-,19-/m0/s1. The molecule has 0 saturated heterocycles. The third kappa shape index (κ3) is 2.42. The van der Waals surface area contributed by atoms with Crippen LogP contribution < -0.4 is 0 Å². The Morgan fingerprint density at radius 1 is 1.04 bits per heavy atom. The molecule has 2 aromatic carbocycles. The molecule has 0 unspecified atom stereocenters. The van der Waals surface area contributed by atoms with Crippen molar-refractivity contribution in [3.05, 3.63) is 83.2 Å². The molecule has 2 atom stereocenters. The molecule has 120 valence electrons. The zero-order valence-electron chi connectivity index (χ0n) is 13.3. The van der Waals surface area contributed by atoms with Crippen LogP contribution in [0.1, 0.15) is 33.2 Å². The number of hydrogen-bond donors (Lipinski definition) is 0. The summed E-state index contributed by atoms with van der Waals surface area (Å²) < 4.78 is 1.93. The molecule has 0 amide bonds. The molecule has 1 heterocycles. The Balaban J connectivity index is 1.85. The van der Waals surface area contributed by atoms with E-state index in [0.29, 0.717) is 0 Å². The van der Waals surface area contributed by atoms with Gasteiger partial charge in [-0.1, -0.05) is 64.5 Å². The van der Waals surface area contributed by atoms with E-state index in [1.54, 1.807) is 0 Å². The van der Waals surface area contributed by atoms with Crippen molar-refractivity contribution in [3.8, 4) is 5.69 Å². The first-order valence-electron chi connectivity index (χ1n) is 8.04. The van der Waals surface area contributed by atoms with E-state index >= 15 is 0 Å². The van der Waals surface area contributed by atoms with Gasteiger partial charge in [-0.3, -0.25) is 4.79 Å². The molecule has 0 bridgehead atoms. The average Bonchev–Trinajstić information content (AvgIpc) is 2.96. The van der Waals surface area contributed by atoms with E-state index in [2.05, 4.69) is 33.2 Å². The van der Waals surface area contributed by atoms with Gasteiger partial charge in [0.25, 0.3) is 0 Å². The number of ketones is 1. The monoisotopic (exact) mass is 380 g/mol. The number of hydrogen-bond acceptors (Lipinski definition) is 2. The lowest BCUT2D eigenvalue weighted by molar-refractivity contribution is 0.0973. The van der Waals surface area contributed by atoms with Gasteiger partial charge in [0.05, 0.1) is 27.5 Å². The Labute approximate surface area is 149 Å². The molecule has 4 heteroatoms. The molecule has 0 saturated carbocycles. The van der Waals surface area contributed by atoms with Gasteiger partial charge in [0, 0.05) is 5.92 Å². The maximum Gasteiger partial charge on any atom is 0.180 e. The molecule has 1 aliphatic carbocycles. The Morgan fingerprint density at radius 2 is 1.67 bits per heavy atom. The van der Waals surface area contributed by atoms with Gasteiger partial charge in [-0.15, -0.1) is 0 Å². The number of Topliss-reactive ketones (excluding diaryl/α,β-unsaturated/α-hetero) is 1. The molecule has 3 nitrogen and oxygen atoms in total. The second-order valence-electron chi connectivity index (χ2n) is 6.14. The molecular formula is C20H17BrN2O. The van der Waals surface area contributed by atoms with E-state index in [9.17, 15) is 4.79 Å². The number of aromatic nitrogens is 2. The molecule has 0 radical (unpaired) electrons. The van der Waals surface area contributed by atoms with Gasteiger partial charge in [-0.2, -0.15) is 5.10 Å². The van der Waals surface area contributed by atoms with E-state index in [0.717, 1.165) is 29.1 Å². The number of para-hydroxylation sites is 1. The molecule has 1 aromatic heterocycles. The van der Waals surface area contributed by atoms with E-state index in [-0.39, 0.29) is 16.5 Å². The molecule has 4 rings (SSSR count). The quantitative estimate of drug-likeness (QED) is 0.614. The first-order valence-corrected chi connectivity index (χ1v) is 8.95. The minimum atomic E-state index is -0.209. The van der Waals surface area contributed by atoms with Crippen LogP contribution in [0.15, 0.2) is 60.7 Å². The minimum Gasteiger partial charge on any atom is -0.293 e. The SMILES string of the molecule is Cc1nn(-c2ccccc2)c2c1C(=O)[C@@H](Br)[C@H](c1ccccc1)C2. The fourth-order valence-corrected chi connectivity index (χ4v) is 4.21. The maximum absolute atomic E-state index is 13.0. The highest BCUT2D eigenvalue weighted by atomic mass is 79.9. The van der Waals surface area contributed by atoms with Gasteiger partial charge in [0.1, 0.15) is 0 Å². The van der Waals surface area contributed by atoms with Gasteiger partial charge in [-0.05, 0) is 31.0 Å². The van der Waals surface area contributed by atoms with Gasteiger partial charge < -0.3 is 0 Å². The van der Waals surface area contributed by atoms with Crippen LogP contribution in [0.4, 0.5) is 0 Å². The molecule has 0 N–H and O–H groups in total. The highest BCUT2D eigenvalue weighted by Crippen LogP contribution is 2.38. The van der Waals surface area contributed by atoms with Gasteiger partial charge in [0.2, 0.25) is 0 Å². The zero-order valence-corrected chi connectivity index (χ0v) is 14.9. The maximum atomic E-state index is 13.0. The molecule has 1 aliphatic rings. The number of aryl methyl sites for hydroxylation is 1. The first kappa shape index (κ1) is 15.3. The number of nitrogens with zero attached hydrogens (tertiary/aromatic N) is 2. The number of halogens is 1. The Hall–Kier alpha value is -2.20. The summed E-state index contributed by atoms with van der Waals surface area (Å²) in [6.45, 7) is 1.92. The van der Waals surface area contributed by atoms with E-state index in [1.165, 1.54) is 5.56 Å². The third-order valence-corrected chi connectivity index (χ3v) is 5.70. The lowest BCUT2D eigenvalue weighted by atomic mass is 9.81. The van der Waals surface area contributed by atoms with Crippen LogP contribution in [-0.4, -0.2) is 20.4 Å². The van der Waals surface area contributed by atoms with E-state index in [4.69, 9.17) is 0 Å². The van der Waals surface area contributed by atoms with Crippen LogP contribution in [0.25, 0.3) is 5.69 Å². The average molecular weight is 381 g/mol. The summed E-state index contributed by atoms with van der Waals surface area (Å²) in [6.07, 6.45) is 0.788. The predicted octanol–water partition coefficient (Wildman–Crippen LogP) is 4.47. The fourth-order valence-electron chi connectivity index (χ4n) is 3.49. The van der Waals surface area contributed by atoms with Crippen molar-refractivity contribution in [1.29, 1.82) is 0 Å². The number of fused-ring (bicyclic) bond motifs is 1. The Morgan fingerprint density at radius 3 is 2.33 bits per heavy atom. The topological polar surface area (TPSA) is 34.9 Å². The van der Waals surface area contributed by atoms with Crippen molar-refractivity contribution in [2.24, 2.45) is 0 Å². The fraction of sp³-hybridized carbons (Fsp3) is 0.200. The van der Waals surface area contributed by atoms with Crippen molar-refractivity contribution in [1.82, 2.24) is 9.78 Å². The summed E-state index contributed by atoms with van der Waals surface area (Å²) >= 11 is 3.64. The number of carbonyl (C=O) groups is 1. The summed E-state index contributed by atoms with van der Waals surface area (Å²) in [7, 11) is 0. The van der Waals surface area contributed by atoms with Crippen molar-refractivity contribution in [2.45, 2.75) is 24.1 Å².